The van der Waals surface area contributed by atoms with Gasteiger partial charge in [0.25, 0.3) is 0 Å². The Labute approximate surface area is 136 Å². The van der Waals surface area contributed by atoms with Crippen molar-refractivity contribution < 1.29 is 27.9 Å². The van der Waals surface area contributed by atoms with Crippen LogP contribution in [0.2, 0.25) is 0 Å². The van der Waals surface area contributed by atoms with Gasteiger partial charge in [-0.25, -0.2) is 9.36 Å². The van der Waals surface area contributed by atoms with E-state index in [2.05, 4.69) is 5.32 Å². The van der Waals surface area contributed by atoms with E-state index in [-0.39, 0.29) is 31.5 Å². The number of nitrogens with one attached hydrogen (secondary N) is 1. The van der Waals surface area contributed by atoms with Crippen molar-refractivity contribution in [2.75, 3.05) is 25.6 Å². The summed E-state index contributed by atoms with van der Waals surface area (Å²) in [6, 6.07) is -0.730. The zero-order chi connectivity index (χ0) is 17.2. The third kappa shape index (κ3) is 8.17. The SMILES string of the molecule is CCOC(=O)[C@H](NC(=O)CSP(=O)(OCC)OCC)C(C)C. The second-order valence-electron chi connectivity index (χ2n) is 4.60. The largest absolute Gasteiger partial charge is 0.464 e. The highest BCUT2D eigenvalue weighted by Gasteiger charge is 2.29. The van der Waals surface area contributed by atoms with E-state index < -0.39 is 24.7 Å². The van der Waals surface area contributed by atoms with Crippen LogP contribution in [0, 0.1) is 5.92 Å². The van der Waals surface area contributed by atoms with Crippen LogP contribution >= 0.6 is 18.2 Å². The zero-order valence-corrected chi connectivity index (χ0v) is 15.5. The van der Waals surface area contributed by atoms with Crippen molar-refractivity contribution in [1.82, 2.24) is 5.32 Å². The molecule has 1 atom stereocenters. The van der Waals surface area contributed by atoms with Crippen LogP contribution in [-0.4, -0.2) is 43.5 Å². The fraction of sp³-hybridized carbons (Fsp3) is 0.846. The minimum Gasteiger partial charge on any atom is -0.464 e. The van der Waals surface area contributed by atoms with Crippen LogP contribution in [0.25, 0.3) is 0 Å². The molecular weight excluding hydrogens is 329 g/mol. The van der Waals surface area contributed by atoms with Crippen molar-refractivity contribution in [3.63, 3.8) is 0 Å². The number of esters is 1. The monoisotopic (exact) mass is 355 g/mol. The van der Waals surface area contributed by atoms with Gasteiger partial charge in [0.15, 0.2) is 0 Å². The average molecular weight is 355 g/mol. The van der Waals surface area contributed by atoms with E-state index in [1.165, 1.54) is 0 Å². The van der Waals surface area contributed by atoms with Crippen molar-refractivity contribution in [3.05, 3.63) is 0 Å². The van der Waals surface area contributed by atoms with Crippen LogP contribution in [0.1, 0.15) is 34.6 Å². The van der Waals surface area contributed by atoms with Crippen LogP contribution in [0.4, 0.5) is 0 Å². The van der Waals surface area contributed by atoms with Gasteiger partial charge in [0.2, 0.25) is 5.91 Å². The van der Waals surface area contributed by atoms with Gasteiger partial charge in [-0.1, -0.05) is 13.8 Å². The normalized spacial score (nSPS) is 13.0. The fourth-order valence-corrected chi connectivity index (χ4v) is 4.63. The Kier molecular flexibility index (Phi) is 10.8. The quantitative estimate of drug-likeness (QED) is 0.450. The molecule has 7 nitrogen and oxygen atoms in total. The van der Waals surface area contributed by atoms with Gasteiger partial charge >= 0.3 is 12.8 Å². The Morgan fingerprint density at radius 2 is 1.64 bits per heavy atom. The third-order valence-electron chi connectivity index (χ3n) is 2.45. The summed E-state index contributed by atoms with van der Waals surface area (Å²) in [7, 11) is 0. The number of rotatable bonds is 11. The minimum absolute atomic E-state index is 0.112. The molecule has 0 saturated heterocycles. The van der Waals surface area contributed by atoms with Gasteiger partial charge < -0.3 is 19.1 Å². The molecule has 1 amide bonds. The van der Waals surface area contributed by atoms with E-state index in [1.54, 1.807) is 34.6 Å². The number of carbonyl (C=O) groups excluding carboxylic acids is 2. The van der Waals surface area contributed by atoms with Crippen molar-refractivity contribution in [3.8, 4) is 0 Å². The molecule has 1 N–H and O–H groups in total. The zero-order valence-electron chi connectivity index (χ0n) is 13.8. The van der Waals surface area contributed by atoms with E-state index in [0.29, 0.717) is 0 Å². The van der Waals surface area contributed by atoms with E-state index in [4.69, 9.17) is 13.8 Å². The first-order valence-electron chi connectivity index (χ1n) is 7.29. The highest BCUT2D eigenvalue weighted by Crippen LogP contribution is 2.60. The van der Waals surface area contributed by atoms with Gasteiger partial charge in [0.05, 0.1) is 25.6 Å². The fourth-order valence-electron chi connectivity index (χ4n) is 1.51. The smallest absolute Gasteiger partial charge is 0.389 e. The molecular formula is C13H26NO6PS. The topological polar surface area (TPSA) is 90.9 Å². The van der Waals surface area contributed by atoms with Gasteiger partial charge in [0, 0.05) is 0 Å². The van der Waals surface area contributed by atoms with Crippen LogP contribution in [0.3, 0.4) is 0 Å². The Bertz CT molecular complexity index is 394. The Balaban J connectivity index is 4.57. The Hall–Kier alpha value is -0.560. The van der Waals surface area contributed by atoms with Crippen LogP contribution in [0.15, 0.2) is 0 Å². The molecule has 0 aliphatic rings. The number of hydrogen-bond donors (Lipinski definition) is 1. The molecule has 0 bridgehead atoms. The van der Waals surface area contributed by atoms with Crippen LogP contribution in [-0.2, 0) is 27.9 Å². The number of amides is 1. The molecule has 0 rings (SSSR count). The first-order valence-corrected chi connectivity index (χ1v) is 10.4. The lowest BCUT2D eigenvalue weighted by Crippen LogP contribution is -2.46. The molecule has 0 radical (unpaired) electrons. The standard InChI is InChI=1S/C13H26NO6PS/c1-6-18-13(16)12(10(4)5)14-11(15)9-22-21(17,19-7-2)20-8-3/h10,12H,6-9H2,1-5H3,(H,14,15)/t12-/m1/s1. The first kappa shape index (κ1) is 21.4. The molecule has 22 heavy (non-hydrogen) atoms. The average Bonchev–Trinajstić information content (AvgIpc) is 2.43. The Morgan fingerprint density at radius 1 is 1.09 bits per heavy atom. The first-order chi connectivity index (χ1) is 10.3. The summed E-state index contributed by atoms with van der Waals surface area (Å²) in [6.45, 7) is 6.07. The number of hydrogen-bond acceptors (Lipinski definition) is 7. The van der Waals surface area contributed by atoms with E-state index in [1.807, 2.05) is 0 Å². The predicted molar refractivity (Wildman–Crippen MR) is 86.7 cm³/mol. The lowest BCUT2D eigenvalue weighted by atomic mass is 10.0. The van der Waals surface area contributed by atoms with Gasteiger partial charge in [-0.15, -0.1) is 0 Å². The predicted octanol–water partition coefficient (Wildman–Crippen LogP) is 2.60. The van der Waals surface area contributed by atoms with E-state index in [0.717, 1.165) is 11.4 Å². The molecule has 0 saturated carbocycles. The summed E-state index contributed by atoms with van der Waals surface area (Å²) in [5.41, 5.74) is 0. The molecule has 0 aliphatic carbocycles. The number of ether oxygens (including phenoxy) is 1. The minimum atomic E-state index is -3.34. The molecule has 0 aliphatic heterocycles. The van der Waals surface area contributed by atoms with Crippen LogP contribution in [0.5, 0.6) is 0 Å². The highest BCUT2D eigenvalue weighted by atomic mass is 32.7. The van der Waals surface area contributed by atoms with Gasteiger partial charge in [0.1, 0.15) is 6.04 Å². The summed E-state index contributed by atoms with van der Waals surface area (Å²) >= 11 is 0.807. The number of carbonyl (C=O) groups is 2. The van der Waals surface area contributed by atoms with Crippen LogP contribution < -0.4 is 5.32 Å². The third-order valence-corrected chi connectivity index (χ3v) is 6.28. The van der Waals surface area contributed by atoms with Gasteiger partial charge in [-0.05, 0) is 38.1 Å². The maximum Gasteiger partial charge on any atom is 0.389 e. The summed E-state index contributed by atoms with van der Waals surface area (Å²) in [6.07, 6.45) is 0. The molecule has 0 spiro atoms. The van der Waals surface area contributed by atoms with Crippen molar-refractivity contribution >= 4 is 30.1 Å². The molecule has 130 valence electrons. The Morgan fingerprint density at radius 3 is 2.05 bits per heavy atom. The molecule has 0 aromatic rings. The molecule has 0 aromatic heterocycles. The lowest BCUT2D eigenvalue weighted by molar-refractivity contribution is -0.148. The van der Waals surface area contributed by atoms with E-state index >= 15 is 0 Å². The molecule has 9 heteroatoms. The van der Waals surface area contributed by atoms with Gasteiger partial charge in [-0.2, -0.15) is 0 Å². The second-order valence-corrected chi connectivity index (χ2v) is 8.67. The van der Waals surface area contributed by atoms with Crippen molar-refractivity contribution in [1.29, 1.82) is 0 Å². The highest BCUT2D eigenvalue weighted by molar-refractivity contribution is 8.55. The summed E-state index contributed by atoms with van der Waals surface area (Å²) in [5, 5.41) is 2.59. The van der Waals surface area contributed by atoms with Crippen molar-refractivity contribution in [2.24, 2.45) is 5.92 Å². The summed E-state index contributed by atoms with van der Waals surface area (Å²) in [5.74, 6) is -1.14. The van der Waals surface area contributed by atoms with Gasteiger partial charge in [-0.3, -0.25) is 4.79 Å². The maximum atomic E-state index is 12.2. The molecule has 0 unspecified atom stereocenters. The van der Waals surface area contributed by atoms with Crippen molar-refractivity contribution in [2.45, 2.75) is 40.7 Å². The summed E-state index contributed by atoms with van der Waals surface area (Å²) in [4.78, 5) is 23.7. The second kappa shape index (κ2) is 11.0. The molecule has 0 fully saturated rings. The maximum absolute atomic E-state index is 12.2. The summed E-state index contributed by atoms with van der Waals surface area (Å²) < 4.78 is 27.3. The van der Waals surface area contributed by atoms with E-state index in [9.17, 15) is 14.2 Å². The lowest BCUT2D eigenvalue weighted by Gasteiger charge is -2.21. The molecule has 0 heterocycles. The molecule has 0 aromatic carbocycles.